The molecule has 0 N–H and O–H groups in total. The Morgan fingerprint density at radius 1 is 0.328 bits per heavy atom. The van der Waals surface area contributed by atoms with Crippen molar-refractivity contribution < 1.29 is 0 Å². The summed E-state index contributed by atoms with van der Waals surface area (Å²) in [6.07, 6.45) is 0. The molecular weight excluding hydrogens is 777 g/mol. The van der Waals surface area contributed by atoms with Gasteiger partial charge in [0.15, 0.2) is 17.5 Å². The van der Waals surface area contributed by atoms with Gasteiger partial charge in [-0.3, -0.25) is 0 Å². The highest BCUT2D eigenvalue weighted by Crippen LogP contribution is 2.50. The third-order valence-electron chi connectivity index (χ3n) is 13.6. The van der Waals surface area contributed by atoms with Gasteiger partial charge in [-0.25, -0.2) is 15.0 Å². The molecule has 0 fully saturated rings. The van der Waals surface area contributed by atoms with E-state index in [4.69, 9.17) is 15.0 Å². The van der Waals surface area contributed by atoms with Gasteiger partial charge in [-0.05, 0) is 96.7 Å². The molecule has 2 heterocycles. The highest BCUT2D eigenvalue weighted by Gasteiger charge is 2.35. The number of benzene rings is 10. The van der Waals surface area contributed by atoms with Crippen molar-refractivity contribution in [3.8, 4) is 62.1 Å². The summed E-state index contributed by atoms with van der Waals surface area (Å²) in [4.78, 5) is 15.6. The average Bonchev–Trinajstić information content (AvgIpc) is 3.81. The van der Waals surface area contributed by atoms with Crippen LogP contribution in [0, 0.1) is 0 Å². The number of hydrogen-bond donors (Lipinski definition) is 0. The summed E-state index contributed by atoms with van der Waals surface area (Å²) >= 11 is 0. The average molecular weight is 817 g/mol. The van der Waals surface area contributed by atoms with Crippen LogP contribution in [0.3, 0.4) is 0 Å². The lowest BCUT2D eigenvalue weighted by atomic mass is 9.81. The SMILES string of the molecule is CC1(C)c2ccccc2-c2ccc(-c3ccc4c(c3)c3ccccc3n4-c3cc(-c4nc(-c5ccccc5)nc(-c5ccccc5)n4)cc4c5ccccc5c5ccccc5c34)cc21. The Labute approximate surface area is 370 Å². The normalized spacial score (nSPS) is 13.0. The van der Waals surface area contributed by atoms with Crippen LogP contribution in [0.5, 0.6) is 0 Å². The van der Waals surface area contributed by atoms with Crippen molar-refractivity contribution in [3.05, 3.63) is 217 Å². The van der Waals surface area contributed by atoms with Gasteiger partial charge in [-0.1, -0.05) is 184 Å². The summed E-state index contributed by atoms with van der Waals surface area (Å²) in [6, 6.07) is 74.4. The first-order valence-electron chi connectivity index (χ1n) is 22.0. The standard InChI is InChI=1S/C60H40N4/c1-60(2)51-27-15-13-24-45(51)46-31-29-40(35-52(46)60)39-30-32-54-49(33-39)47-25-14-16-28-53(47)64(54)55-36-41(34-50-44-23-10-9-21-42(44)43-22-11-12-26-48(43)56(50)55)59-62-57(37-17-5-3-6-18-37)61-58(63-59)38-19-7-4-8-20-38/h3-36H,1-2H3. The molecule has 0 aliphatic heterocycles. The summed E-state index contributed by atoms with van der Waals surface area (Å²) in [5.41, 5.74) is 13.9. The van der Waals surface area contributed by atoms with E-state index in [1.165, 1.54) is 71.1 Å². The number of aromatic nitrogens is 4. The fourth-order valence-corrected chi connectivity index (χ4v) is 10.6. The first-order valence-corrected chi connectivity index (χ1v) is 22.0. The van der Waals surface area contributed by atoms with E-state index in [9.17, 15) is 0 Å². The lowest BCUT2D eigenvalue weighted by molar-refractivity contribution is 0.660. The van der Waals surface area contributed by atoms with Crippen LogP contribution >= 0.6 is 0 Å². The van der Waals surface area contributed by atoms with E-state index in [1.54, 1.807) is 0 Å². The monoisotopic (exact) mass is 816 g/mol. The zero-order chi connectivity index (χ0) is 42.5. The van der Waals surface area contributed by atoms with Crippen molar-refractivity contribution >= 4 is 54.1 Å². The van der Waals surface area contributed by atoms with Crippen molar-refractivity contribution in [1.82, 2.24) is 19.5 Å². The van der Waals surface area contributed by atoms with Crippen LogP contribution in [0.4, 0.5) is 0 Å². The molecule has 0 bridgehead atoms. The van der Waals surface area contributed by atoms with Crippen molar-refractivity contribution in [2.75, 3.05) is 0 Å². The van der Waals surface area contributed by atoms with Crippen LogP contribution in [0.1, 0.15) is 25.0 Å². The molecule has 4 nitrogen and oxygen atoms in total. The van der Waals surface area contributed by atoms with Gasteiger partial charge in [0.2, 0.25) is 0 Å². The Morgan fingerprint density at radius 3 is 1.52 bits per heavy atom. The molecule has 1 aliphatic carbocycles. The van der Waals surface area contributed by atoms with Crippen LogP contribution in [-0.2, 0) is 5.41 Å². The zero-order valence-corrected chi connectivity index (χ0v) is 35.4. The van der Waals surface area contributed by atoms with Crippen molar-refractivity contribution in [1.29, 1.82) is 0 Å². The van der Waals surface area contributed by atoms with E-state index in [1.807, 2.05) is 36.4 Å². The van der Waals surface area contributed by atoms with Gasteiger partial charge < -0.3 is 4.57 Å². The summed E-state index contributed by atoms with van der Waals surface area (Å²) in [7, 11) is 0. The quantitative estimate of drug-likeness (QED) is 0.163. The first kappa shape index (κ1) is 36.4. The largest absolute Gasteiger partial charge is 0.309 e. The van der Waals surface area contributed by atoms with E-state index >= 15 is 0 Å². The first-order chi connectivity index (χ1) is 31.5. The van der Waals surface area contributed by atoms with E-state index < -0.39 is 0 Å². The molecular formula is C60H40N4. The van der Waals surface area contributed by atoms with E-state index in [-0.39, 0.29) is 5.41 Å². The number of nitrogens with zero attached hydrogens (tertiary/aromatic N) is 4. The van der Waals surface area contributed by atoms with Gasteiger partial charge in [0.05, 0.1) is 16.7 Å². The number of rotatable bonds is 5. The molecule has 0 radical (unpaired) electrons. The predicted octanol–water partition coefficient (Wildman–Crippen LogP) is 15.4. The summed E-state index contributed by atoms with van der Waals surface area (Å²) in [5, 5.41) is 9.57. The molecule has 0 atom stereocenters. The molecule has 1 aliphatic rings. The van der Waals surface area contributed by atoms with Gasteiger partial charge >= 0.3 is 0 Å². The second kappa shape index (κ2) is 13.9. The van der Waals surface area contributed by atoms with Gasteiger partial charge in [0.25, 0.3) is 0 Å². The Bertz CT molecular complexity index is 3810. The molecule has 0 spiro atoms. The smallest absolute Gasteiger partial charge is 0.164 e. The maximum atomic E-state index is 5.26. The van der Waals surface area contributed by atoms with Crippen LogP contribution in [-0.4, -0.2) is 19.5 Å². The topological polar surface area (TPSA) is 43.6 Å². The molecule has 300 valence electrons. The minimum Gasteiger partial charge on any atom is -0.309 e. The summed E-state index contributed by atoms with van der Waals surface area (Å²) in [6.45, 7) is 4.71. The second-order valence-electron chi connectivity index (χ2n) is 17.6. The van der Waals surface area contributed by atoms with Crippen LogP contribution in [0.2, 0.25) is 0 Å². The molecule has 64 heavy (non-hydrogen) atoms. The second-order valence-corrected chi connectivity index (χ2v) is 17.6. The fourth-order valence-electron chi connectivity index (χ4n) is 10.6. The minimum absolute atomic E-state index is 0.0800. The Hall–Kier alpha value is -8.21. The van der Waals surface area contributed by atoms with E-state index in [0.29, 0.717) is 17.5 Å². The number of fused-ring (bicyclic) bond motifs is 12. The van der Waals surface area contributed by atoms with Gasteiger partial charge in [-0.15, -0.1) is 0 Å². The molecule has 0 unspecified atom stereocenters. The van der Waals surface area contributed by atoms with Crippen LogP contribution in [0.15, 0.2) is 206 Å². The lowest BCUT2D eigenvalue weighted by Gasteiger charge is -2.22. The van der Waals surface area contributed by atoms with Gasteiger partial charge in [0, 0.05) is 38.3 Å². The zero-order valence-electron chi connectivity index (χ0n) is 35.4. The Morgan fingerprint density at radius 2 is 0.812 bits per heavy atom. The maximum Gasteiger partial charge on any atom is 0.164 e. The van der Waals surface area contributed by atoms with E-state index in [2.05, 4.69) is 188 Å². The van der Waals surface area contributed by atoms with Crippen molar-refractivity contribution in [2.24, 2.45) is 0 Å². The Balaban J connectivity index is 1.10. The van der Waals surface area contributed by atoms with Gasteiger partial charge in [0.1, 0.15) is 0 Å². The minimum atomic E-state index is -0.0800. The summed E-state index contributed by atoms with van der Waals surface area (Å²) < 4.78 is 2.47. The predicted molar refractivity (Wildman–Crippen MR) is 266 cm³/mol. The highest BCUT2D eigenvalue weighted by atomic mass is 15.0. The highest BCUT2D eigenvalue weighted by molar-refractivity contribution is 6.28. The molecule has 13 rings (SSSR count). The lowest BCUT2D eigenvalue weighted by Crippen LogP contribution is -2.14. The molecule has 0 saturated carbocycles. The fraction of sp³-hybridized carbons (Fsp3) is 0.0500. The maximum absolute atomic E-state index is 5.26. The number of para-hydroxylation sites is 1. The van der Waals surface area contributed by atoms with Crippen LogP contribution in [0.25, 0.3) is 116 Å². The number of hydrogen-bond acceptors (Lipinski definition) is 3. The van der Waals surface area contributed by atoms with Crippen molar-refractivity contribution in [3.63, 3.8) is 0 Å². The third-order valence-corrected chi connectivity index (χ3v) is 13.6. The van der Waals surface area contributed by atoms with Crippen LogP contribution < -0.4 is 0 Å². The molecule has 2 aromatic heterocycles. The third kappa shape index (κ3) is 5.45. The van der Waals surface area contributed by atoms with E-state index in [0.717, 1.165) is 38.8 Å². The Kier molecular flexibility index (Phi) is 7.92. The molecule has 12 aromatic rings. The molecule has 10 aromatic carbocycles. The molecule has 0 amide bonds. The summed E-state index contributed by atoms with van der Waals surface area (Å²) in [5.74, 6) is 1.90. The van der Waals surface area contributed by atoms with Gasteiger partial charge in [-0.2, -0.15) is 0 Å². The molecule has 0 saturated heterocycles. The van der Waals surface area contributed by atoms with Crippen molar-refractivity contribution in [2.45, 2.75) is 19.3 Å². The molecule has 4 heteroatoms.